The number of piperazine rings is 1. The predicted octanol–water partition coefficient (Wildman–Crippen LogP) is 3.81. The number of Topliss-reactive ketones (excluding diaryl/α,β-unsaturated/α-hetero) is 1. The molecule has 0 aromatic heterocycles. The molecule has 8 heteroatoms. The molecule has 1 amide bonds. The van der Waals surface area contributed by atoms with Gasteiger partial charge in [0.1, 0.15) is 0 Å². The quantitative estimate of drug-likeness (QED) is 0.470. The Hall–Kier alpha value is -2.16. The largest absolute Gasteiger partial charge is 0.339 e. The first kappa shape index (κ1) is 24.5. The standard InChI is InChI=1S/C24H30N2O4S2/c1-18(27)19-5-11-22(12-6-19)32(29,30)26-15-13-25(14-16-26)23(28)17-31-21-9-7-20(8-10-21)24(2,3)4/h5-12H,13-17H2,1-4H3. The molecule has 1 aliphatic heterocycles. The Balaban J connectivity index is 1.53. The Morgan fingerprint density at radius 2 is 1.47 bits per heavy atom. The molecule has 0 N–H and O–H groups in total. The third kappa shape index (κ3) is 5.79. The van der Waals surface area contributed by atoms with Crippen molar-refractivity contribution in [2.24, 2.45) is 0 Å². The molecule has 1 heterocycles. The zero-order valence-corrected chi connectivity index (χ0v) is 20.6. The zero-order valence-electron chi connectivity index (χ0n) is 19.0. The van der Waals surface area contributed by atoms with Crippen molar-refractivity contribution in [2.45, 2.75) is 42.9 Å². The lowest BCUT2D eigenvalue weighted by atomic mass is 9.87. The van der Waals surface area contributed by atoms with E-state index in [1.807, 2.05) is 12.1 Å². The first-order chi connectivity index (χ1) is 15.0. The number of ketones is 1. The van der Waals surface area contributed by atoms with Crippen LogP contribution in [0.3, 0.4) is 0 Å². The van der Waals surface area contributed by atoms with Crippen molar-refractivity contribution in [2.75, 3.05) is 31.9 Å². The molecule has 0 atom stereocenters. The minimum Gasteiger partial charge on any atom is -0.339 e. The van der Waals surface area contributed by atoms with Gasteiger partial charge in [-0.05, 0) is 42.2 Å². The maximum Gasteiger partial charge on any atom is 0.243 e. The summed E-state index contributed by atoms with van der Waals surface area (Å²) in [5, 5.41) is 0. The van der Waals surface area contributed by atoms with Crippen LogP contribution in [0.2, 0.25) is 0 Å². The Kier molecular flexibility index (Phi) is 7.47. The fourth-order valence-corrected chi connectivity index (χ4v) is 5.70. The maximum atomic E-state index is 12.9. The molecule has 0 saturated carbocycles. The molecular weight excluding hydrogens is 444 g/mol. The van der Waals surface area contributed by atoms with E-state index in [0.29, 0.717) is 24.4 Å². The summed E-state index contributed by atoms with van der Waals surface area (Å²) < 4.78 is 27.2. The zero-order chi connectivity index (χ0) is 23.5. The highest BCUT2D eigenvalue weighted by molar-refractivity contribution is 8.00. The number of hydrogen-bond donors (Lipinski definition) is 0. The van der Waals surface area contributed by atoms with Crippen molar-refractivity contribution in [3.8, 4) is 0 Å². The Morgan fingerprint density at radius 1 is 0.906 bits per heavy atom. The van der Waals surface area contributed by atoms with Gasteiger partial charge in [0.05, 0.1) is 10.6 Å². The van der Waals surface area contributed by atoms with Crippen LogP contribution < -0.4 is 0 Å². The molecule has 2 aromatic carbocycles. The monoisotopic (exact) mass is 474 g/mol. The van der Waals surface area contributed by atoms with Crippen molar-refractivity contribution in [1.29, 1.82) is 0 Å². The molecule has 172 valence electrons. The molecule has 1 aliphatic rings. The maximum absolute atomic E-state index is 12.9. The van der Waals surface area contributed by atoms with E-state index in [1.54, 1.807) is 4.90 Å². The van der Waals surface area contributed by atoms with Gasteiger partial charge in [-0.2, -0.15) is 4.31 Å². The van der Waals surface area contributed by atoms with E-state index in [2.05, 4.69) is 32.9 Å². The molecule has 6 nitrogen and oxygen atoms in total. The predicted molar refractivity (Wildman–Crippen MR) is 128 cm³/mol. The summed E-state index contributed by atoms with van der Waals surface area (Å²) in [6.07, 6.45) is 0. The van der Waals surface area contributed by atoms with Crippen molar-refractivity contribution >= 4 is 33.5 Å². The van der Waals surface area contributed by atoms with Crippen molar-refractivity contribution in [3.05, 3.63) is 59.7 Å². The summed E-state index contributed by atoms with van der Waals surface area (Å²) in [5.41, 5.74) is 1.82. The molecule has 0 aliphatic carbocycles. The molecule has 0 spiro atoms. The lowest BCUT2D eigenvalue weighted by Crippen LogP contribution is -2.50. The van der Waals surface area contributed by atoms with E-state index >= 15 is 0 Å². The fraction of sp³-hybridized carbons (Fsp3) is 0.417. The van der Waals surface area contributed by atoms with Crippen LogP contribution in [-0.4, -0.2) is 61.2 Å². The summed E-state index contributed by atoms with van der Waals surface area (Å²) in [5.74, 6) is 0.232. The number of thioether (sulfide) groups is 1. The van der Waals surface area contributed by atoms with Crippen LogP contribution in [0.1, 0.15) is 43.6 Å². The number of nitrogens with zero attached hydrogens (tertiary/aromatic N) is 2. The smallest absolute Gasteiger partial charge is 0.243 e. The van der Waals surface area contributed by atoms with Crippen LogP contribution in [0.5, 0.6) is 0 Å². The van der Waals surface area contributed by atoms with Crippen LogP contribution >= 0.6 is 11.8 Å². The van der Waals surface area contributed by atoms with E-state index in [-0.39, 0.29) is 35.1 Å². The van der Waals surface area contributed by atoms with Crippen LogP contribution in [0.15, 0.2) is 58.3 Å². The summed E-state index contributed by atoms with van der Waals surface area (Å²) in [6.45, 7) is 9.19. The minimum absolute atomic E-state index is 0.0118. The molecule has 0 bridgehead atoms. The Morgan fingerprint density at radius 3 is 1.97 bits per heavy atom. The van der Waals surface area contributed by atoms with E-state index in [4.69, 9.17) is 0 Å². The van der Waals surface area contributed by atoms with Crippen molar-refractivity contribution < 1.29 is 18.0 Å². The highest BCUT2D eigenvalue weighted by Gasteiger charge is 2.30. The fourth-order valence-electron chi connectivity index (χ4n) is 3.48. The van der Waals surface area contributed by atoms with Gasteiger partial charge in [0.25, 0.3) is 0 Å². The third-order valence-electron chi connectivity index (χ3n) is 5.57. The highest BCUT2D eigenvalue weighted by atomic mass is 32.2. The van der Waals surface area contributed by atoms with Gasteiger partial charge in [0.15, 0.2) is 5.78 Å². The van der Waals surface area contributed by atoms with Gasteiger partial charge in [0.2, 0.25) is 15.9 Å². The van der Waals surface area contributed by atoms with E-state index in [9.17, 15) is 18.0 Å². The number of carbonyl (C=O) groups is 2. The molecule has 1 saturated heterocycles. The normalized spacial score (nSPS) is 15.6. The summed E-state index contributed by atoms with van der Waals surface area (Å²) in [7, 11) is -3.65. The van der Waals surface area contributed by atoms with Gasteiger partial charge >= 0.3 is 0 Å². The van der Waals surface area contributed by atoms with Gasteiger partial charge in [-0.3, -0.25) is 9.59 Å². The van der Waals surface area contributed by atoms with Gasteiger partial charge in [-0.15, -0.1) is 11.8 Å². The molecule has 32 heavy (non-hydrogen) atoms. The molecule has 0 unspecified atom stereocenters. The second kappa shape index (κ2) is 9.77. The number of carbonyl (C=O) groups excluding carboxylic acids is 2. The Bertz CT molecular complexity index is 1060. The van der Waals surface area contributed by atoms with Gasteiger partial charge in [0, 0.05) is 36.6 Å². The average molecular weight is 475 g/mol. The lowest BCUT2D eigenvalue weighted by molar-refractivity contribution is -0.129. The lowest BCUT2D eigenvalue weighted by Gasteiger charge is -2.34. The summed E-state index contributed by atoms with van der Waals surface area (Å²) >= 11 is 1.50. The molecule has 1 fully saturated rings. The van der Waals surface area contributed by atoms with Crippen molar-refractivity contribution in [1.82, 2.24) is 9.21 Å². The summed E-state index contributed by atoms with van der Waals surface area (Å²) in [4.78, 5) is 27.0. The first-order valence-electron chi connectivity index (χ1n) is 10.6. The molecule has 0 radical (unpaired) electrons. The second-order valence-electron chi connectivity index (χ2n) is 8.93. The first-order valence-corrected chi connectivity index (χ1v) is 13.0. The van der Waals surface area contributed by atoms with E-state index in [0.717, 1.165) is 4.90 Å². The molecular formula is C24H30N2O4S2. The third-order valence-corrected chi connectivity index (χ3v) is 8.48. The Labute approximate surface area is 195 Å². The van der Waals surface area contributed by atoms with Gasteiger partial charge < -0.3 is 4.90 Å². The van der Waals surface area contributed by atoms with E-state index in [1.165, 1.54) is 52.8 Å². The second-order valence-corrected chi connectivity index (χ2v) is 11.9. The highest BCUT2D eigenvalue weighted by Crippen LogP contribution is 2.26. The van der Waals surface area contributed by atoms with Gasteiger partial charge in [-0.25, -0.2) is 8.42 Å². The molecule has 3 rings (SSSR count). The topological polar surface area (TPSA) is 74.8 Å². The van der Waals surface area contributed by atoms with Crippen molar-refractivity contribution in [3.63, 3.8) is 0 Å². The van der Waals surface area contributed by atoms with Crippen LogP contribution in [-0.2, 0) is 20.2 Å². The number of benzene rings is 2. The summed E-state index contributed by atoms with van der Waals surface area (Å²) in [6, 6.07) is 14.3. The van der Waals surface area contributed by atoms with Crippen LogP contribution in [0, 0.1) is 0 Å². The van der Waals surface area contributed by atoms with Crippen LogP contribution in [0.25, 0.3) is 0 Å². The average Bonchev–Trinajstić information content (AvgIpc) is 2.77. The van der Waals surface area contributed by atoms with E-state index < -0.39 is 10.0 Å². The number of hydrogen-bond acceptors (Lipinski definition) is 5. The number of amides is 1. The molecule has 2 aromatic rings. The van der Waals surface area contributed by atoms with Crippen LogP contribution in [0.4, 0.5) is 0 Å². The minimum atomic E-state index is -3.65. The number of sulfonamides is 1. The number of rotatable bonds is 6. The van der Waals surface area contributed by atoms with Gasteiger partial charge in [-0.1, -0.05) is 45.0 Å². The SMILES string of the molecule is CC(=O)c1ccc(S(=O)(=O)N2CCN(C(=O)CSc3ccc(C(C)(C)C)cc3)CC2)cc1.